The summed E-state index contributed by atoms with van der Waals surface area (Å²) in [5.41, 5.74) is 1.70. The maximum absolute atomic E-state index is 11.3. The van der Waals surface area contributed by atoms with E-state index in [1.54, 1.807) is 12.1 Å². The van der Waals surface area contributed by atoms with Gasteiger partial charge in [-0.05, 0) is 35.8 Å². The van der Waals surface area contributed by atoms with Crippen LogP contribution >= 0.6 is 0 Å². The van der Waals surface area contributed by atoms with Gasteiger partial charge in [-0.2, -0.15) is 0 Å². The summed E-state index contributed by atoms with van der Waals surface area (Å²) < 4.78 is 0. The topological polar surface area (TPSA) is 77.8 Å². The molecule has 0 aromatic heterocycles. The Morgan fingerprint density at radius 3 is 2.32 bits per heavy atom. The van der Waals surface area contributed by atoms with E-state index in [1.165, 1.54) is 18.2 Å². The highest BCUT2D eigenvalue weighted by molar-refractivity contribution is 5.92. The molecule has 22 heavy (non-hydrogen) atoms. The lowest BCUT2D eigenvalue weighted by Gasteiger charge is -2.02. The van der Waals surface area contributed by atoms with Gasteiger partial charge in [0.05, 0.1) is 0 Å². The standard InChI is InChI=1S/C18H16O4/c19-16-10-9-14(12-17(16)20)11-15(18(21)22)8-4-7-13-5-2-1-3-6-13/h1-7,9-12,19-20H,8H2,(H,21,22)/b7-4+,15-11+. The minimum Gasteiger partial charge on any atom is -0.504 e. The Balaban J connectivity index is 2.16. The van der Waals surface area contributed by atoms with Crippen molar-refractivity contribution in [2.45, 2.75) is 6.42 Å². The SMILES string of the molecule is O=C(O)/C(=C/c1ccc(O)c(O)c1)C/C=C/c1ccccc1. The van der Waals surface area contributed by atoms with Gasteiger partial charge in [0.15, 0.2) is 11.5 Å². The van der Waals surface area contributed by atoms with Gasteiger partial charge in [0.2, 0.25) is 0 Å². The number of phenols is 2. The van der Waals surface area contributed by atoms with Crippen molar-refractivity contribution in [2.75, 3.05) is 0 Å². The molecule has 2 aromatic rings. The van der Waals surface area contributed by atoms with Crippen LogP contribution in [0.3, 0.4) is 0 Å². The fourth-order valence-electron chi connectivity index (χ4n) is 1.93. The third kappa shape index (κ3) is 4.24. The smallest absolute Gasteiger partial charge is 0.331 e. The van der Waals surface area contributed by atoms with E-state index in [1.807, 2.05) is 36.4 Å². The summed E-state index contributed by atoms with van der Waals surface area (Å²) in [6.45, 7) is 0. The van der Waals surface area contributed by atoms with E-state index >= 15 is 0 Å². The first-order chi connectivity index (χ1) is 10.6. The molecule has 0 saturated carbocycles. The van der Waals surface area contributed by atoms with E-state index in [2.05, 4.69) is 0 Å². The van der Waals surface area contributed by atoms with Crippen molar-refractivity contribution in [2.24, 2.45) is 0 Å². The van der Waals surface area contributed by atoms with Gasteiger partial charge in [-0.1, -0.05) is 48.6 Å². The largest absolute Gasteiger partial charge is 0.504 e. The zero-order valence-electron chi connectivity index (χ0n) is 11.8. The molecule has 0 heterocycles. The average Bonchev–Trinajstić information content (AvgIpc) is 2.51. The number of phenolic OH excluding ortho intramolecular Hbond substituents is 2. The predicted octanol–water partition coefficient (Wildman–Crippen LogP) is 3.67. The number of hydrogen-bond acceptors (Lipinski definition) is 3. The van der Waals surface area contributed by atoms with Crippen LogP contribution in [0.25, 0.3) is 12.2 Å². The van der Waals surface area contributed by atoms with Crippen LogP contribution in [-0.2, 0) is 4.79 Å². The van der Waals surface area contributed by atoms with Gasteiger partial charge < -0.3 is 15.3 Å². The van der Waals surface area contributed by atoms with Crippen molar-refractivity contribution in [3.63, 3.8) is 0 Å². The molecule has 112 valence electrons. The van der Waals surface area contributed by atoms with Gasteiger partial charge in [0.1, 0.15) is 0 Å². The van der Waals surface area contributed by atoms with Crippen LogP contribution in [0.1, 0.15) is 17.5 Å². The van der Waals surface area contributed by atoms with Gasteiger partial charge in [0, 0.05) is 5.57 Å². The number of benzene rings is 2. The van der Waals surface area contributed by atoms with Crippen LogP contribution in [0.4, 0.5) is 0 Å². The first kappa shape index (κ1) is 15.4. The Morgan fingerprint density at radius 1 is 0.955 bits per heavy atom. The lowest BCUT2D eigenvalue weighted by atomic mass is 10.1. The van der Waals surface area contributed by atoms with Crippen LogP contribution in [0.2, 0.25) is 0 Å². The molecule has 2 aromatic carbocycles. The van der Waals surface area contributed by atoms with Crippen LogP contribution < -0.4 is 0 Å². The molecule has 0 aliphatic rings. The molecule has 2 rings (SSSR count). The summed E-state index contributed by atoms with van der Waals surface area (Å²) in [5.74, 6) is -1.54. The molecule has 0 unspecified atom stereocenters. The third-order valence-corrected chi connectivity index (χ3v) is 3.06. The predicted molar refractivity (Wildman–Crippen MR) is 85.5 cm³/mol. The fourth-order valence-corrected chi connectivity index (χ4v) is 1.93. The van der Waals surface area contributed by atoms with Crippen LogP contribution in [0.5, 0.6) is 11.5 Å². The van der Waals surface area contributed by atoms with E-state index in [9.17, 15) is 20.1 Å². The highest BCUT2D eigenvalue weighted by Gasteiger charge is 2.06. The first-order valence-corrected chi connectivity index (χ1v) is 6.73. The molecule has 0 atom stereocenters. The van der Waals surface area contributed by atoms with Gasteiger partial charge >= 0.3 is 5.97 Å². The molecule has 0 spiro atoms. The zero-order chi connectivity index (χ0) is 15.9. The Labute approximate surface area is 128 Å². The molecule has 0 aliphatic heterocycles. The number of aliphatic carboxylic acids is 1. The molecule has 0 aliphatic carbocycles. The van der Waals surface area contributed by atoms with Crippen molar-refractivity contribution in [3.05, 3.63) is 71.3 Å². The highest BCUT2D eigenvalue weighted by Crippen LogP contribution is 2.26. The molecular formula is C18H16O4. The zero-order valence-corrected chi connectivity index (χ0v) is 11.8. The second kappa shape index (κ2) is 7.13. The lowest BCUT2D eigenvalue weighted by molar-refractivity contribution is -0.132. The maximum Gasteiger partial charge on any atom is 0.331 e. The highest BCUT2D eigenvalue weighted by atomic mass is 16.4. The molecule has 0 saturated heterocycles. The quantitative estimate of drug-likeness (QED) is 0.581. The molecule has 4 heteroatoms. The summed E-state index contributed by atoms with van der Waals surface area (Å²) >= 11 is 0. The minimum absolute atomic E-state index is 0.192. The summed E-state index contributed by atoms with van der Waals surface area (Å²) in [6.07, 6.45) is 5.35. The Hall–Kier alpha value is -3.01. The van der Waals surface area contributed by atoms with E-state index in [0.29, 0.717) is 5.56 Å². The number of carboxylic acid groups (broad SMARTS) is 1. The monoisotopic (exact) mass is 296 g/mol. The second-order valence-electron chi connectivity index (χ2n) is 4.74. The normalized spacial score (nSPS) is 11.7. The van der Waals surface area contributed by atoms with Gasteiger partial charge in [-0.25, -0.2) is 4.79 Å². The molecule has 4 nitrogen and oxygen atoms in total. The van der Waals surface area contributed by atoms with Crippen molar-refractivity contribution in [1.29, 1.82) is 0 Å². The summed E-state index contributed by atoms with van der Waals surface area (Å²) in [7, 11) is 0. The lowest BCUT2D eigenvalue weighted by Crippen LogP contribution is -1.99. The molecular weight excluding hydrogens is 280 g/mol. The number of allylic oxidation sites excluding steroid dienone is 1. The molecule has 0 radical (unpaired) electrons. The van der Waals surface area contributed by atoms with E-state index in [0.717, 1.165) is 5.56 Å². The maximum atomic E-state index is 11.3. The van der Waals surface area contributed by atoms with Gasteiger partial charge in [-0.3, -0.25) is 0 Å². The van der Waals surface area contributed by atoms with E-state index in [-0.39, 0.29) is 23.5 Å². The first-order valence-electron chi connectivity index (χ1n) is 6.73. The van der Waals surface area contributed by atoms with Crippen molar-refractivity contribution < 1.29 is 20.1 Å². The fraction of sp³-hybridized carbons (Fsp3) is 0.0556. The number of carboxylic acids is 1. The number of rotatable bonds is 5. The molecule has 3 N–H and O–H groups in total. The van der Waals surface area contributed by atoms with Crippen LogP contribution in [0, 0.1) is 0 Å². The minimum atomic E-state index is -1.02. The van der Waals surface area contributed by atoms with Gasteiger partial charge in [-0.15, -0.1) is 0 Å². The van der Waals surface area contributed by atoms with Crippen molar-refractivity contribution in [3.8, 4) is 11.5 Å². The Kier molecular flexibility index (Phi) is 4.98. The van der Waals surface area contributed by atoms with Crippen LogP contribution in [-0.4, -0.2) is 21.3 Å². The van der Waals surface area contributed by atoms with Crippen molar-refractivity contribution in [1.82, 2.24) is 0 Å². The number of aromatic hydroxyl groups is 2. The van der Waals surface area contributed by atoms with Gasteiger partial charge in [0.25, 0.3) is 0 Å². The van der Waals surface area contributed by atoms with Crippen LogP contribution in [0.15, 0.2) is 60.2 Å². The average molecular weight is 296 g/mol. The summed E-state index contributed by atoms with van der Waals surface area (Å²) in [4.78, 5) is 11.3. The molecule has 0 amide bonds. The third-order valence-electron chi connectivity index (χ3n) is 3.06. The molecule has 0 bridgehead atoms. The number of hydrogen-bond donors (Lipinski definition) is 3. The Morgan fingerprint density at radius 2 is 1.68 bits per heavy atom. The summed E-state index contributed by atoms with van der Waals surface area (Å²) in [5, 5.41) is 27.9. The van der Waals surface area contributed by atoms with Crippen molar-refractivity contribution >= 4 is 18.1 Å². The Bertz CT molecular complexity index is 715. The number of carbonyl (C=O) groups is 1. The second-order valence-corrected chi connectivity index (χ2v) is 4.74. The molecule has 0 fully saturated rings. The summed E-state index contributed by atoms with van der Waals surface area (Å²) in [6, 6.07) is 13.8. The van der Waals surface area contributed by atoms with E-state index < -0.39 is 5.97 Å². The van der Waals surface area contributed by atoms with E-state index in [4.69, 9.17) is 0 Å².